The van der Waals surface area contributed by atoms with Gasteiger partial charge in [0.25, 0.3) is 5.91 Å². The van der Waals surface area contributed by atoms with Gasteiger partial charge in [0.1, 0.15) is 12.8 Å². The summed E-state index contributed by atoms with van der Waals surface area (Å²) in [5, 5.41) is 12.5. The highest BCUT2D eigenvalue weighted by Crippen LogP contribution is 2.29. The van der Waals surface area contributed by atoms with Gasteiger partial charge in [-0.05, 0) is 23.3 Å². The summed E-state index contributed by atoms with van der Waals surface area (Å²) < 4.78 is 13.1. The summed E-state index contributed by atoms with van der Waals surface area (Å²) in [6.07, 6.45) is -1.21. The normalized spacial score (nSPS) is 13.8. The third kappa shape index (κ3) is 4.68. The molecule has 0 radical (unpaired) electrons. The highest BCUT2D eigenvalue weighted by Gasteiger charge is 2.25. The lowest BCUT2D eigenvalue weighted by molar-refractivity contribution is -0.121. The molecule has 0 saturated heterocycles. The number of carbonyl (C=O) groups is 1. The molecule has 2 rings (SSSR count). The largest absolute Gasteiger partial charge is 0.386 e. The predicted octanol–water partition coefficient (Wildman–Crippen LogP) is 3.17. The Morgan fingerprint density at radius 3 is 2.42 bits per heavy atom. The van der Waals surface area contributed by atoms with Crippen LogP contribution in [0.15, 0.2) is 36.4 Å². The maximum Gasteiger partial charge on any atom is 0.253 e. The molecule has 130 valence electrons. The average molecular weight is 391 g/mol. The van der Waals surface area contributed by atoms with E-state index < -0.39 is 29.6 Å². The van der Waals surface area contributed by atoms with E-state index in [0.29, 0.717) is 12.1 Å². The van der Waals surface area contributed by atoms with Crippen molar-refractivity contribution in [2.45, 2.75) is 23.5 Å². The zero-order chi connectivity index (χ0) is 17.7. The molecule has 0 unspecified atom stereocenters. The fourth-order valence-electron chi connectivity index (χ4n) is 2.17. The van der Waals surface area contributed by atoms with Gasteiger partial charge in [0.05, 0.1) is 6.04 Å². The van der Waals surface area contributed by atoms with Crippen LogP contribution in [0.1, 0.15) is 16.5 Å². The maximum absolute atomic E-state index is 13.1. The summed E-state index contributed by atoms with van der Waals surface area (Å²) in [4.78, 5) is 12.3. The number of alkyl halides is 3. The lowest BCUT2D eigenvalue weighted by Crippen LogP contribution is -2.43. The molecule has 4 N–H and O–H groups in total. The second kappa shape index (κ2) is 8.78. The Morgan fingerprint density at radius 1 is 1.25 bits per heavy atom. The number of hydrogen-bond donors (Lipinski definition) is 3. The minimum Gasteiger partial charge on any atom is -0.386 e. The van der Waals surface area contributed by atoms with Crippen LogP contribution in [0.5, 0.6) is 0 Å². The molecule has 1 aromatic heterocycles. The first kappa shape index (κ1) is 19.1. The SMILES string of the molecule is NCc1ccc(-c2ccc([C@H](O)[C@@H](CF)NC(=O)C(Cl)Cl)cc2)s1. The summed E-state index contributed by atoms with van der Waals surface area (Å²) in [6.45, 7) is -0.457. The van der Waals surface area contributed by atoms with Gasteiger partial charge in [-0.25, -0.2) is 4.39 Å². The molecule has 0 aliphatic rings. The molecule has 1 aromatic carbocycles. The number of hydrogen-bond acceptors (Lipinski definition) is 4. The molecule has 24 heavy (non-hydrogen) atoms. The van der Waals surface area contributed by atoms with Gasteiger partial charge in [0.15, 0.2) is 4.84 Å². The van der Waals surface area contributed by atoms with E-state index in [1.165, 1.54) is 0 Å². The number of carbonyl (C=O) groups excluding carboxylic acids is 1. The van der Waals surface area contributed by atoms with E-state index in [0.717, 1.165) is 15.3 Å². The first-order chi connectivity index (χ1) is 11.5. The van der Waals surface area contributed by atoms with E-state index in [4.69, 9.17) is 28.9 Å². The fraction of sp³-hybridized carbons (Fsp3) is 0.312. The molecule has 2 atom stereocenters. The number of aliphatic hydroxyl groups is 1. The van der Waals surface area contributed by atoms with Crippen LogP contribution in [0.25, 0.3) is 10.4 Å². The van der Waals surface area contributed by atoms with Gasteiger partial charge in [0.2, 0.25) is 0 Å². The lowest BCUT2D eigenvalue weighted by atomic mass is 10.0. The molecule has 0 fully saturated rings. The number of benzene rings is 1. The van der Waals surface area contributed by atoms with Crippen LogP contribution in [-0.2, 0) is 11.3 Å². The van der Waals surface area contributed by atoms with E-state index in [9.17, 15) is 14.3 Å². The van der Waals surface area contributed by atoms with Crippen molar-refractivity contribution in [1.82, 2.24) is 5.32 Å². The summed E-state index contributed by atoms with van der Waals surface area (Å²) in [7, 11) is 0. The van der Waals surface area contributed by atoms with Gasteiger partial charge in [-0.15, -0.1) is 11.3 Å². The molecule has 2 aromatic rings. The lowest BCUT2D eigenvalue weighted by Gasteiger charge is -2.22. The van der Waals surface area contributed by atoms with Crippen LogP contribution in [0, 0.1) is 0 Å². The second-order valence-corrected chi connectivity index (χ2v) is 7.37. The Labute approximate surface area is 153 Å². The molecule has 8 heteroatoms. The average Bonchev–Trinajstić information content (AvgIpc) is 3.08. The molecule has 0 aliphatic heterocycles. The van der Waals surface area contributed by atoms with Gasteiger partial charge in [0, 0.05) is 16.3 Å². The van der Waals surface area contributed by atoms with Crippen LogP contribution in [0.3, 0.4) is 0 Å². The quantitative estimate of drug-likeness (QED) is 0.635. The second-order valence-electron chi connectivity index (χ2n) is 5.11. The number of amides is 1. The van der Waals surface area contributed by atoms with Crippen molar-refractivity contribution in [3.05, 3.63) is 46.8 Å². The van der Waals surface area contributed by atoms with Crippen LogP contribution < -0.4 is 11.1 Å². The van der Waals surface area contributed by atoms with E-state index in [-0.39, 0.29) is 0 Å². The van der Waals surface area contributed by atoms with Gasteiger partial charge in [-0.2, -0.15) is 0 Å². The molecule has 0 bridgehead atoms. The van der Waals surface area contributed by atoms with Crippen molar-refractivity contribution in [2.75, 3.05) is 6.67 Å². The molecule has 1 amide bonds. The number of nitrogens with one attached hydrogen (secondary N) is 1. The van der Waals surface area contributed by atoms with E-state index >= 15 is 0 Å². The van der Waals surface area contributed by atoms with E-state index in [1.807, 2.05) is 24.3 Å². The molecule has 0 aliphatic carbocycles. The van der Waals surface area contributed by atoms with Crippen molar-refractivity contribution in [3.63, 3.8) is 0 Å². The van der Waals surface area contributed by atoms with E-state index in [2.05, 4.69) is 5.32 Å². The van der Waals surface area contributed by atoms with Crippen molar-refractivity contribution < 1.29 is 14.3 Å². The molecular formula is C16H17Cl2FN2O2S. The molecule has 0 spiro atoms. The van der Waals surface area contributed by atoms with E-state index in [1.54, 1.807) is 23.5 Å². The maximum atomic E-state index is 13.1. The highest BCUT2D eigenvalue weighted by molar-refractivity contribution is 7.15. The summed E-state index contributed by atoms with van der Waals surface area (Å²) >= 11 is 12.4. The first-order valence-electron chi connectivity index (χ1n) is 7.18. The van der Waals surface area contributed by atoms with Gasteiger partial charge in [-0.3, -0.25) is 4.79 Å². The van der Waals surface area contributed by atoms with Gasteiger partial charge >= 0.3 is 0 Å². The molecular weight excluding hydrogens is 374 g/mol. The Morgan fingerprint density at radius 2 is 1.92 bits per heavy atom. The monoisotopic (exact) mass is 390 g/mol. The van der Waals surface area contributed by atoms with Crippen LogP contribution in [-0.4, -0.2) is 28.6 Å². The third-order valence-corrected chi connectivity index (χ3v) is 5.03. The highest BCUT2D eigenvalue weighted by atomic mass is 35.5. The first-order valence-corrected chi connectivity index (χ1v) is 8.87. The zero-order valence-electron chi connectivity index (χ0n) is 12.6. The van der Waals surface area contributed by atoms with Crippen LogP contribution in [0.2, 0.25) is 0 Å². The predicted molar refractivity (Wildman–Crippen MR) is 96.0 cm³/mol. The number of thiophene rings is 1. The van der Waals surface area contributed by atoms with Crippen LogP contribution >= 0.6 is 34.5 Å². The Hall–Kier alpha value is -1.18. The topological polar surface area (TPSA) is 75.3 Å². The minimum absolute atomic E-state index is 0.484. The standard InChI is InChI=1S/C16H17Cl2FN2O2S/c17-15(18)16(23)21-12(7-19)14(22)10-3-1-9(2-4-10)13-6-5-11(8-20)24-13/h1-6,12,14-15,22H,7-8,20H2,(H,21,23)/t12-,14+/m1/s1. The van der Waals surface area contributed by atoms with Crippen molar-refractivity contribution in [2.24, 2.45) is 5.73 Å². The van der Waals surface area contributed by atoms with Gasteiger partial charge < -0.3 is 16.2 Å². The Balaban J connectivity index is 2.12. The smallest absolute Gasteiger partial charge is 0.253 e. The fourth-order valence-corrected chi connectivity index (χ4v) is 3.19. The summed E-state index contributed by atoms with van der Waals surface area (Å²) in [5.41, 5.74) is 7.06. The Kier molecular flexibility index (Phi) is 7.01. The summed E-state index contributed by atoms with van der Waals surface area (Å²) in [6, 6.07) is 9.86. The van der Waals surface area contributed by atoms with Crippen molar-refractivity contribution in [3.8, 4) is 10.4 Å². The van der Waals surface area contributed by atoms with Gasteiger partial charge in [-0.1, -0.05) is 47.5 Å². The van der Waals surface area contributed by atoms with Crippen molar-refractivity contribution in [1.29, 1.82) is 0 Å². The van der Waals surface area contributed by atoms with Crippen molar-refractivity contribution >= 4 is 40.4 Å². The number of nitrogens with two attached hydrogens (primary N) is 1. The Bertz CT molecular complexity index is 679. The zero-order valence-corrected chi connectivity index (χ0v) is 14.9. The molecule has 4 nitrogen and oxygen atoms in total. The minimum atomic E-state index is -1.32. The van der Waals surface area contributed by atoms with Crippen LogP contribution in [0.4, 0.5) is 4.39 Å². The number of aliphatic hydroxyl groups excluding tert-OH is 1. The molecule has 1 heterocycles. The number of rotatable bonds is 7. The number of halogens is 3. The third-order valence-electron chi connectivity index (χ3n) is 3.47. The molecule has 0 saturated carbocycles. The summed E-state index contributed by atoms with van der Waals surface area (Å²) in [5.74, 6) is -0.746.